The highest BCUT2D eigenvalue weighted by molar-refractivity contribution is 5.75. The van der Waals surface area contributed by atoms with E-state index < -0.39 is 11.4 Å². The maximum absolute atomic E-state index is 11.1. The van der Waals surface area contributed by atoms with E-state index >= 15 is 0 Å². The second-order valence-electron chi connectivity index (χ2n) is 3.82. The first kappa shape index (κ1) is 10.5. The molecule has 4 heteroatoms. The maximum Gasteiger partial charge on any atom is 0.312 e. The van der Waals surface area contributed by atoms with Crippen LogP contribution in [0.1, 0.15) is 12.8 Å². The zero-order chi connectivity index (χ0) is 9.90. The van der Waals surface area contributed by atoms with Gasteiger partial charge in [-0.25, -0.2) is 0 Å². The van der Waals surface area contributed by atoms with Gasteiger partial charge in [0.1, 0.15) is 0 Å². The lowest BCUT2D eigenvalue weighted by molar-refractivity contribution is -0.155. The highest BCUT2D eigenvalue weighted by Gasteiger charge is 2.40. The summed E-state index contributed by atoms with van der Waals surface area (Å²) in [5.74, 6) is -0.720. The largest absolute Gasteiger partial charge is 0.481 e. The second kappa shape index (κ2) is 4.07. The van der Waals surface area contributed by atoms with E-state index in [0.29, 0.717) is 19.4 Å². The van der Waals surface area contributed by atoms with Crippen LogP contribution in [0.25, 0.3) is 0 Å². The van der Waals surface area contributed by atoms with Gasteiger partial charge in [0.05, 0.1) is 12.0 Å². The van der Waals surface area contributed by atoms with Gasteiger partial charge >= 0.3 is 5.97 Å². The van der Waals surface area contributed by atoms with Crippen molar-refractivity contribution in [3.05, 3.63) is 0 Å². The van der Waals surface area contributed by atoms with E-state index in [4.69, 9.17) is 9.84 Å². The van der Waals surface area contributed by atoms with Gasteiger partial charge in [0, 0.05) is 7.11 Å². The summed E-state index contributed by atoms with van der Waals surface area (Å²) in [7, 11) is 3.57. The highest BCUT2D eigenvalue weighted by Crippen LogP contribution is 2.31. The van der Waals surface area contributed by atoms with Gasteiger partial charge in [-0.2, -0.15) is 0 Å². The summed E-state index contributed by atoms with van der Waals surface area (Å²) in [5, 5.41) is 9.11. The second-order valence-corrected chi connectivity index (χ2v) is 3.82. The monoisotopic (exact) mass is 187 g/mol. The minimum Gasteiger partial charge on any atom is -0.481 e. The van der Waals surface area contributed by atoms with Gasteiger partial charge in [-0.15, -0.1) is 0 Å². The van der Waals surface area contributed by atoms with E-state index in [2.05, 4.69) is 4.90 Å². The van der Waals surface area contributed by atoms with Crippen LogP contribution >= 0.6 is 0 Å². The Hall–Kier alpha value is -0.610. The van der Waals surface area contributed by atoms with E-state index in [1.165, 1.54) is 0 Å². The third-order valence-electron chi connectivity index (χ3n) is 2.82. The molecule has 0 bridgehead atoms. The van der Waals surface area contributed by atoms with E-state index in [1.807, 2.05) is 7.05 Å². The predicted molar refractivity (Wildman–Crippen MR) is 48.7 cm³/mol. The molecular weight excluding hydrogens is 170 g/mol. The van der Waals surface area contributed by atoms with Gasteiger partial charge in [-0.1, -0.05) is 0 Å². The quantitative estimate of drug-likeness (QED) is 0.696. The van der Waals surface area contributed by atoms with E-state index in [1.54, 1.807) is 7.11 Å². The van der Waals surface area contributed by atoms with Crippen LogP contribution < -0.4 is 0 Å². The number of hydrogen-bond donors (Lipinski definition) is 1. The minimum atomic E-state index is -0.720. The van der Waals surface area contributed by atoms with Gasteiger partial charge in [-0.05, 0) is 33.0 Å². The average molecular weight is 187 g/mol. The molecule has 1 fully saturated rings. The van der Waals surface area contributed by atoms with Gasteiger partial charge in [-0.3, -0.25) is 4.79 Å². The zero-order valence-corrected chi connectivity index (χ0v) is 8.25. The van der Waals surface area contributed by atoms with Crippen LogP contribution in [0.5, 0.6) is 0 Å². The minimum absolute atomic E-state index is 0.330. The van der Waals surface area contributed by atoms with Crippen molar-refractivity contribution in [2.24, 2.45) is 5.41 Å². The molecule has 1 N–H and O–H groups in total. The number of aliphatic carboxylic acids is 1. The summed E-state index contributed by atoms with van der Waals surface area (Å²) in [6.07, 6.45) is 1.37. The topological polar surface area (TPSA) is 49.8 Å². The van der Waals surface area contributed by atoms with Crippen LogP contribution in [0.3, 0.4) is 0 Å². The molecule has 0 spiro atoms. The van der Waals surface area contributed by atoms with Gasteiger partial charge in [0.15, 0.2) is 0 Å². The Morgan fingerprint density at radius 2 is 2.08 bits per heavy atom. The van der Waals surface area contributed by atoms with Gasteiger partial charge < -0.3 is 14.7 Å². The SMILES string of the molecule is COCC1(C(=O)O)CCN(C)CC1. The molecule has 0 radical (unpaired) electrons. The molecule has 1 heterocycles. The summed E-state index contributed by atoms with van der Waals surface area (Å²) >= 11 is 0. The first-order valence-electron chi connectivity index (χ1n) is 4.51. The average Bonchev–Trinajstić information content (AvgIpc) is 2.09. The smallest absolute Gasteiger partial charge is 0.312 e. The lowest BCUT2D eigenvalue weighted by atomic mass is 9.79. The number of ether oxygens (including phenoxy) is 1. The van der Waals surface area contributed by atoms with Crippen molar-refractivity contribution in [3.63, 3.8) is 0 Å². The fourth-order valence-corrected chi connectivity index (χ4v) is 1.74. The summed E-state index contributed by atoms with van der Waals surface area (Å²) in [6.45, 7) is 2.02. The highest BCUT2D eigenvalue weighted by atomic mass is 16.5. The van der Waals surface area contributed by atoms with Gasteiger partial charge in [0.2, 0.25) is 0 Å². The predicted octanol–water partition coefficient (Wildman–Crippen LogP) is 0.429. The molecule has 1 aliphatic heterocycles. The molecule has 0 unspecified atom stereocenters. The van der Waals surface area contributed by atoms with Crippen LogP contribution in [0.4, 0.5) is 0 Å². The molecule has 1 rings (SSSR count). The first-order valence-corrected chi connectivity index (χ1v) is 4.51. The number of carboxylic acids is 1. The Morgan fingerprint density at radius 1 is 1.54 bits per heavy atom. The molecule has 0 saturated carbocycles. The Bertz CT molecular complexity index is 185. The lowest BCUT2D eigenvalue weighted by Crippen LogP contribution is -2.45. The Labute approximate surface area is 78.5 Å². The lowest BCUT2D eigenvalue weighted by Gasteiger charge is -2.36. The van der Waals surface area contributed by atoms with Crippen molar-refractivity contribution in [2.75, 3.05) is 33.9 Å². The first-order chi connectivity index (χ1) is 6.10. The maximum atomic E-state index is 11.1. The molecular formula is C9H17NO3. The van der Waals surface area contributed by atoms with Crippen molar-refractivity contribution in [3.8, 4) is 0 Å². The summed E-state index contributed by atoms with van der Waals surface area (Å²) < 4.78 is 4.98. The van der Waals surface area contributed by atoms with E-state index in [-0.39, 0.29) is 0 Å². The molecule has 1 aliphatic rings. The Morgan fingerprint density at radius 3 is 2.46 bits per heavy atom. The molecule has 0 aromatic heterocycles. The number of carbonyl (C=O) groups is 1. The standard InChI is InChI=1S/C9H17NO3/c1-10-5-3-9(4-6-10,7-13-2)8(11)12/h3-7H2,1-2H3,(H,11,12). The number of rotatable bonds is 3. The fourth-order valence-electron chi connectivity index (χ4n) is 1.74. The zero-order valence-electron chi connectivity index (χ0n) is 8.25. The summed E-state index contributed by atoms with van der Waals surface area (Å²) in [4.78, 5) is 13.2. The van der Waals surface area contributed by atoms with Crippen LogP contribution in [-0.2, 0) is 9.53 Å². The normalized spacial score (nSPS) is 22.9. The molecule has 0 aromatic carbocycles. The number of carboxylic acid groups (broad SMARTS) is 1. The van der Waals surface area contributed by atoms with Crippen LogP contribution in [0, 0.1) is 5.41 Å². The molecule has 0 aliphatic carbocycles. The van der Waals surface area contributed by atoms with Crippen LogP contribution in [0.15, 0.2) is 0 Å². The van der Waals surface area contributed by atoms with E-state index in [9.17, 15) is 4.79 Å². The third-order valence-corrected chi connectivity index (χ3v) is 2.82. The molecule has 0 amide bonds. The molecule has 76 valence electrons. The third kappa shape index (κ3) is 2.19. The Balaban J connectivity index is 2.63. The number of likely N-dealkylation sites (tertiary alicyclic amines) is 1. The van der Waals surface area contributed by atoms with Crippen molar-refractivity contribution in [1.29, 1.82) is 0 Å². The van der Waals surface area contributed by atoms with Crippen LogP contribution in [0.2, 0.25) is 0 Å². The van der Waals surface area contributed by atoms with Crippen molar-refractivity contribution in [2.45, 2.75) is 12.8 Å². The fraction of sp³-hybridized carbons (Fsp3) is 0.889. The Kier molecular flexibility index (Phi) is 3.27. The number of piperidine rings is 1. The van der Waals surface area contributed by atoms with Gasteiger partial charge in [0.25, 0.3) is 0 Å². The number of hydrogen-bond acceptors (Lipinski definition) is 3. The summed E-state index contributed by atoms with van der Waals surface area (Å²) in [6, 6.07) is 0. The molecule has 0 aromatic rings. The molecule has 4 nitrogen and oxygen atoms in total. The van der Waals surface area contributed by atoms with Crippen molar-refractivity contribution < 1.29 is 14.6 Å². The number of nitrogens with zero attached hydrogens (tertiary/aromatic N) is 1. The molecule has 13 heavy (non-hydrogen) atoms. The number of methoxy groups -OCH3 is 1. The molecule has 1 saturated heterocycles. The molecule has 0 atom stereocenters. The van der Waals surface area contributed by atoms with Crippen molar-refractivity contribution in [1.82, 2.24) is 4.90 Å². The summed E-state index contributed by atoms with van der Waals surface area (Å²) in [5.41, 5.74) is -0.638. The van der Waals surface area contributed by atoms with E-state index in [0.717, 1.165) is 13.1 Å². The van der Waals surface area contributed by atoms with Crippen LogP contribution in [-0.4, -0.2) is 49.8 Å². The van der Waals surface area contributed by atoms with Crippen molar-refractivity contribution >= 4 is 5.97 Å².